The number of ether oxygens (including phenoxy) is 1. The summed E-state index contributed by atoms with van der Waals surface area (Å²) in [5.74, 6) is -1.02. The number of aliphatic carboxylic acids is 1. The number of methoxy groups -OCH3 is 1. The molecule has 1 atom stereocenters. The van der Waals surface area contributed by atoms with Crippen LogP contribution < -0.4 is 0 Å². The van der Waals surface area contributed by atoms with Crippen LogP contribution in [0.15, 0.2) is 48.5 Å². The lowest BCUT2D eigenvalue weighted by molar-refractivity contribution is -0.143. The molecule has 0 aromatic heterocycles. The lowest BCUT2D eigenvalue weighted by Crippen LogP contribution is -2.47. The third-order valence-corrected chi connectivity index (χ3v) is 4.65. The van der Waals surface area contributed by atoms with E-state index in [2.05, 4.69) is 0 Å². The smallest absolute Gasteiger partial charge is 0.411 e. The predicted octanol–water partition coefficient (Wildman–Crippen LogP) is 4.08. The first-order valence-electron chi connectivity index (χ1n) is 8.37. The molecule has 0 saturated carbocycles. The molecule has 0 bridgehead atoms. The van der Waals surface area contributed by atoms with Crippen molar-refractivity contribution in [1.29, 1.82) is 0 Å². The molecule has 0 spiro atoms. The Bertz CT molecular complexity index is 756. The number of carboxylic acid groups (broad SMARTS) is 1. The molecule has 1 N–H and O–H groups in total. The number of carbonyl (C=O) groups excluding carboxylic acids is 1. The normalized spacial score (nSPS) is 13.7. The topological polar surface area (TPSA) is 66.8 Å². The number of fused-ring (bicyclic) bond motifs is 3. The SMILES string of the molecule is CCC[C@@H](C(=O)O)N(C(=O)OC)C1c2ccccc2-c2ccccc21. The Morgan fingerprint density at radius 3 is 2.04 bits per heavy atom. The van der Waals surface area contributed by atoms with E-state index in [1.54, 1.807) is 0 Å². The van der Waals surface area contributed by atoms with Gasteiger partial charge in [-0.25, -0.2) is 9.59 Å². The maximum Gasteiger partial charge on any atom is 0.411 e. The molecule has 0 aliphatic heterocycles. The molecule has 0 fully saturated rings. The number of amides is 1. The molecule has 0 saturated heterocycles. The standard InChI is InChI=1S/C20H21NO4/c1-3-8-17(19(22)23)21(20(24)25-2)18-15-11-6-4-9-13(15)14-10-5-7-12-16(14)18/h4-7,9-12,17-18H,3,8H2,1-2H3,(H,22,23)/t17-/m0/s1. The summed E-state index contributed by atoms with van der Waals surface area (Å²) in [4.78, 5) is 25.8. The van der Waals surface area contributed by atoms with Crippen molar-refractivity contribution in [3.05, 3.63) is 59.7 Å². The van der Waals surface area contributed by atoms with E-state index >= 15 is 0 Å². The molecule has 1 aliphatic carbocycles. The number of hydrogen-bond donors (Lipinski definition) is 1. The van der Waals surface area contributed by atoms with Gasteiger partial charge in [-0.15, -0.1) is 0 Å². The van der Waals surface area contributed by atoms with Gasteiger partial charge in [-0.1, -0.05) is 61.9 Å². The molecule has 2 aromatic carbocycles. The quantitative estimate of drug-likeness (QED) is 0.891. The summed E-state index contributed by atoms with van der Waals surface area (Å²) in [6, 6.07) is 14.2. The zero-order valence-corrected chi connectivity index (χ0v) is 14.3. The first-order valence-corrected chi connectivity index (χ1v) is 8.37. The van der Waals surface area contributed by atoms with Gasteiger partial charge in [-0.3, -0.25) is 4.90 Å². The molecule has 0 unspecified atom stereocenters. The Kier molecular flexibility index (Phi) is 4.74. The fraction of sp³-hybridized carbons (Fsp3) is 0.300. The summed E-state index contributed by atoms with van der Waals surface area (Å²) in [6.45, 7) is 1.90. The van der Waals surface area contributed by atoms with Gasteiger partial charge in [0.15, 0.2) is 0 Å². The molecular weight excluding hydrogens is 318 g/mol. The van der Waals surface area contributed by atoms with Gasteiger partial charge in [-0.2, -0.15) is 0 Å². The summed E-state index contributed by atoms with van der Waals surface area (Å²) < 4.78 is 4.96. The van der Waals surface area contributed by atoms with E-state index < -0.39 is 24.1 Å². The Hall–Kier alpha value is -2.82. The van der Waals surface area contributed by atoms with Gasteiger partial charge in [0.1, 0.15) is 6.04 Å². The molecular formula is C20H21NO4. The van der Waals surface area contributed by atoms with Crippen LogP contribution in [0.25, 0.3) is 11.1 Å². The predicted molar refractivity (Wildman–Crippen MR) is 94.3 cm³/mol. The fourth-order valence-corrected chi connectivity index (χ4v) is 3.60. The van der Waals surface area contributed by atoms with Gasteiger partial charge >= 0.3 is 12.1 Å². The van der Waals surface area contributed by atoms with Crippen LogP contribution in [-0.2, 0) is 9.53 Å². The number of nitrogens with zero attached hydrogens (tertiary/aromatic N) is 1. The van der Waals surface area contributed by atoms with Gasteiger partial charge < -0.3 is 9.84 Å². The van der Waals surface area contributed by atoms with E-state index in [1.807, 2.05) is 55.5 Å². The highest BCUT2D eigenvalue weighted by Crippen LogP contribution is 2.47. The summed E-state index contributed by atoms with van der Waals surface area (Å²) in [7, 11) is 1.28. The van der Waals surface area contributed by atoms with E-state index in [9.17, 15) is 14.7 Å². The molecule has 1 amide bonds. The number of rotatable bonds is 5. The van der Waals surface area contributed by atoms with Crippen LogP contribution in [0, 0.1) is 0 Å². The summed E-state index contributed by atoms with van der Waals surface area (Å²) >= 11 is 0. The first kappa shape index (κ1) is 17.0. The van der Waals surface area contributed by atoms with Crippen LogP contribution in [0.2, 0.25) is 0 Å². The van der Waals surface area contributed by atoms with Crippen molar-refractivity contribution >= 4 is 12.1 Å². The average molecular weight is 339 g/mol. The van der Waals surface area contributed by atoms with Gasteiger partial charge in [0.25, 0.3) is 0 Å². The molecule has 0 radical (unpaired) electrons. The van der Waals surface area contributed by atoms with Crippen LogP contribution in [0.1, 0.15) is 36.9 Å². The lowest BCUT2D eigenvalue weighted by Gasteiger charge is -2.34. The maximum atomic E-state index is 12.6. The Labute approximate surface area is 146 Å². The maximum absolute atomic E-state index is 12.6. The number of hydrogen-bond acceptors (Lipinski definition) is 3. The second-order valence-electron chi connectivity index (χ2n) is 6.10. The zero-order valence-electron chi connectivity index (χ0n) is 14.3. The number of carbonyl (C=O) groups is 2. The molecule has 1 aliphatic rings. The highest BCUT2D eigenvalue weighted by molar-refractivity contribution is 5.85. The fourth-order valence-electron chi connectivity index (χ4n) is 3.60. The van der Waals surface area contributed by atoms with Crippen molar-refractivity contribution in [3.8, 4) is 11.1 Å². The van der Waals surface area contributed by atoms with Crippen LogP contribution in [-0.4, -0.2) is 35.2 Å². The average Bonchev–Trinajstić information content (AvgIpc) is 2.96. The van der Waals surface area contributed by atoms with Crippen molar-refractivity contribution in [3.63, 3.8) is 0 Å². The van der Waals surface area contributed by atoms with Crippen molar-refractivity contribution in [2.45, 2.75) is 31.8 Å². The Balaban J connectivity index is 2.19. The van der Waals surface area contributed by atoms with E-state index in [0.29, 0.717) is 12.8 Å². The molecule has 0 heterocycles. The number of carboxylic acids is 1. The molecule has 2 aromatic rings. The second kappa shape index (κ2) is 6.97. The van der Waals surface area contributed by atoms with Crippen LogP contribution in [0.4, 0.5) is 4.79 Å². The minimum absolute atomic E-state index is 0.366. The van der Waals surface area contributed by atoms with E-state index in [-0.39, 0.29) is 0 Å². The molecule has 5 heteroatoms. The monoisotopic (exact) mass is 339 g/mol. The van der Waals surface area contributed by atoms with Crippen molar-refractivity contribution in [2.24, 2.45) is 0 Å². The Morgan fingerprint density at radius 2 is 1.60 bits per heavy atom. The number of benzene rings is 2. The van der Waals surface area contributed by atoms with Crippen molar-refractivity contribution in [2.75, 3.05) is 7.11 Å². The largest absolute Gasteiger partial charge is 0.480 e. The third kappa shape index (κ3) is 2.86. The minimum Gasteiger partial charge on any atom is -0.480 e. The third-order valence-electron chi connectivity index (χ3n) is 4.65. The van der Waals surface area contributed by atoms with Crippen molar-refractivity contribution in [1.82, 2.24) is 4.90 Å². The van der Waals surface area contributed by atoms with E-state index in [0.717, 1.165) is 22.3 Å². The van der Waals surface area contributed by atoms with Crippen LogP contribution >= 0.6 is 0 Å². The van der Waals surface area contributed by atoms with E-state index in [4.69, 9.17) is 4.74 Å². The van der Waals surface area contributed by atoms with Gasteiger partial charge in [0.05, 0.1) is 13.2 Å². The highest BCUT2D eigenvalue weighted by atomic mass is 16.5. The van der Waals surface area contributed by atoms with Crippen molar-refractivity contribution < 1.29 is 19.4 Å². The lowest BCUT2D eigenvalue weighted by atomic mass is 10.00. The van der Waals surface area contributed by atoms with Gasteiger partial charge in [0, 0.05) is 0 Å². The van der Waals surface area contributed by atoms with Crippen LogP contribution in [0.3, 0.4) is 0 Å². The summed E-state index contributed by atoms with van der Waals surface area (Å²) in [6.07, 6.45) is 0.392. The van der Waals surface area contributed by atoms with E-state index in [1.165, 1.54) is 12.0 Å². The minimum atomic E-state index is -1.02. The molecule has 130 valence electrons. The molecule has 25 heavy (non-hydrogen) atoms. The second-order valence-corrected chi connectivity index (χ2v) is 6.10. The molecule has 3 rings (SSSR count). The Morgan fingerprint density at radius 1 is 1.08 bits per heavy atom. The molecule has 5 nitrogen and oxygen atoms in total. The summed E-state index contributed by atoms with van der Waals surface area (Å²) in [5.41, 5.74) is 3.91. The van der Waals surface area contributed by atoms with Gasteiger partial charge in [0.2, 0.25) is 0 Å². The zero-order chi connectivity index (χ0) is 18.0. The highest BCUT2D eigenvalue weighted by Gasteiger charge is 2.41. The van der Waals surface area contributed by atoms with Gasteiger partial charge in [-0.05, 0) is 28.7 Å². The van der Waals surface area contributed by atoms with Crippen LogP contribution in [0.5, 0.6) is 0 Å². The first-order chi connectivity index (χ1) is 12.1. The summed E-state index contributed by atoms with van der Waals surface area (Å²) in [5, 5.41) is 9.73.